The van der Waals surface area contributed by atoms with E-state index < -0.39 is 316 Å². The summed E-state index contributed by atoms with van der Waals surface area (Å²) >= 11 is 0. The van der Waals surface area contributed by atoms with Crippen LogP contribution < -0.4 is 0 Å². The van der Waals surface area contributed by atoms with Crippen LogP contribution in [0, 0.1) is 50.2 Å². The first kappa shape index (κ1) is 93.9. The van der Waals surface area contributed by atoms with Crippen LogP contribution in [0.3, 0.4) is 0 Å². The number of ether oxygens (including phenoxy) is 15. The van der Waals surface area contributed by atoms with E-state index in [1.54, 1.807) is 19.9 Å². The van der Waals surface area contributed by atoms with Gasteiger partial charge < -0.3 is 178 Å². The van der Waals surface area contributed by atoms with Crippen LogP contribution in [0.15, 0.2) is 36.0 Å². The minimum Gasteiger partial charge on any atom is -0.458 e. The molecule has 0 radical (unpaired) electrons. The third-order valence-electron chi connectivity index (χ3n) is 29.3. The maximum atomic E-state index is 16.6. The van der Waals surface area contributed by atoms with Crippen molar-refractivity contribution in [2.45, 2.75) is 367 Å². The van der Waals surface area contributed by atoms with Gasteiger partial charge in [-0.1, -0.05) is 72.3 Å². The van der Waals surface area contributed by atoms with Gasteiger partial charge in [-0.05, 0) is 125 Å². The van der Waals surface area contributed by atoms with E-state index in [-0.39, 0.29) is 43.1 Å². The van der Waals surface area contributed by atoms with Crippen molar-refractivity contribution in [1.29, 1.82) is 0 Å². The molecule has 7 heterocycles. The number of carbonyl (C=O) groups is 2. The lowest BCUT2D eigenvalue weighted by Gasteiger charge is -2.72. The molecule has 0 aromatic rings. The molecule has 4 saturated carbocycles. The van der Waals surface area contributed by atoms with Crippen LogP contribution in [0.2, 0.25) is 0 Å². The highest BCUT2D eigenvalue weighted by Gasteiger charge is 2.74. The van der Waals surface area contributed by atoms with E-state index in [1.807, 2.05) is 13.8 Å². The predicted octanol–water partition coefficient (Wildman–Crippen LogP) is -5.07. The molecule has 118 heavy (non-hydrogen) atoms. The highest BCUT2D eigenvalue weighted by molar-refractivity contribution is 5.88. The van der Waals surface area contributed by atoms with Crippen molar-refractivity contribution >= 4 is 11.9 Å². The van der Waals surface area contributed by atoms with Gasteiger partial charge in [0.2, 0.25) is 6.29 Å². The van der Waals surface area contributed by atoms with E-state index in [1.165, 1.54) is 19.9 Å². The fourth-order valence-corrected chi connectivity index (χ4v) is 21.5. The van der Waals surface area contributed by atoms with Gasteiger partial charge in [-0.2, -0.15) is 0 Å². The number of hydrogen-bond donors (Lipinski definition) is 21. The van der Waals surface area contributed by atoms with Gasteiger partial charge in [0.15, 0.2) is 43.8 Å². The quantitative estimate of drug-likeness (QED) is 0.0197. The lowest BCUT2D eigenvalue weighted by atomic mass is 9.33. The summed E-state index contributed by atoms with van der Waals surface area (Å²) in [6.07, 6.45) is -52.1. The molecule has 11 fully saturated rings. The van der Waals surface area contributed by atoms with Gasteiger partial charge in [-0.3, -0.25) is 4.79 Å². The van der Waals surface area contributed by atoms with E-state index in [2.05, 4.69) is 47.3 Å². The average Bonchev–Trinajstić information content (AvgIpc) is 0.668. The fourth-order valence-electron chi connectivity index (χ4n) is 21.5. The molecule has 0 bridgehead atoms. The molecule has 44 atom stereocenters. The molecule has 676 valence electrons. The minimum atomic E-state index is -2.15. The third kappa shape index (κ3) is 17.0. The Morgan fingerprint density at radius 2 is 1.05 bits per heavy atom. The summed E-state index contributed by atoms with van der Waals surface area (Å²) in [5.74, 6) is -3.21. The van der Waals surface area contributed by atoms with Crippen LogP contribution in [0.5, 0.6) is 0 Å². The molecule has 38 heteroatoms. The highest BCUT2D eigenvalue weighted by Crippen LogP contribution is 2.76. The summed E-state index contributed by atoms with van der Waals surface area (Å²) in [7, 11) is 0. The molecule has 38 nitrogen and oxygen atoms in total. The smallest absolute Gasteiger partial charge is 0.333 e. The second-order valence-corrected chi connectivity index (χ2v) is 37.3. The van der Waals surface area contributed by atoms with Crippen molar-refractivity contribution in [3.8, 4) is 0 Å². The first-order valence-corrected chi connectivity index (χ1v) is 41.2. The van der Waals surface area contributed by atoms with Crippen LogP contribution >= 0.6 is 0 Å². The third-order valence-corrected chi connectivity index (χ3v) is 29.3. The summed E-state index contributed by atoms with van der Waals surface area (Å²) in [6.45, 7) is 21.0. The summed E-state index contributed by atoms with van der Waals surface area (Å²) in [4.78, 5) is 31.4. The molecule has 0 spiro atoms. The molecule has 5 aliphatic carbocycles. The molecular weight excluding hydrogens is 1570 g/mol. The Morgan fingerprint density at radius 3 is 1.64 bits per heavy atom. The number of aliphatic hydroxyl groups excluding tert-OH is 21. The van der Waals surface area contributed by atoms with Crippen LogP contribution in [0.25, 0.3) is 0 Å². The van der Waals surface area contributed by atoms with E-state index >= 15 is 4.79 Å². The Balaban J connectivity index is 0.848. The summed E-state index contributed by atoms with van der Waals surface area (Å²) in [5.41, 5.74) is -6.43. The zero-order valence-corrected chi connectivity index (χ0v) is 68.4. The van der Waals surface area contributed by atoms with Gasteiger partial charge in [-0.25, -0.2) is 4.79 Å². The van der Waals surface area contributed by atoms with Gasteiger partial charge in [-0.15, -0.1) is 6.58 Å². The molecule has 12 rings (SSSR count). The molecule has 21 N–H and O–H groups in total. The zero-order valence-electron chi connectivity index (χ0n) is 68.4. The Hall–Kier alpha value is -3.20. The molecular formula is C80H128O38. The number of fused-ring (bicyclic) bond motifs is 7. The number of hydrogen-bond acceptors (Lipinski definition) is 38. The minimum absolute atomic E-state index is 0.0471. The average molecular weight is 1700 g/mol. The van der Waals surface area contributed by atoms with Crippen molar-refractivity contribution in [2.75, 3.05) is 33.0 Å². The molecule has 12 aliphatic rings. The lowest BCUT2D eigenvalue weighted by Crippen LogP contribution is -2.70. The van der Waals surface area contributed by atoms with Crippen LogP contribution in [0.1, 0.15) is 140 Å². The van der Waals surface area contributed by atoms with E-state index in [0.29, 0.717) is 32.1 Å². The second kappa shape index (κ2) is 35.9. The summed E-state index contributed by atoms with van der Waals surface area (Å²) in [5, 5.41) is 231. The van der Waals surface area contributed by atoms with E-state index in [4.69, 9.17) is 71.1 Å². The van der Waals surface area contributed by atoms with Crippen molar-refractivity contribution in [1.82, 2.24) is 0 Å². The monoisotopic (exact) mass is 1700 g/mol. The molecule has 0 aromatic heterocycles. The predicted molar refractivity (Wildman–Crippen MR) is 396 cm³/mol. The first-order valence-electron chi connectivity index (χ1n) is 41.2. The Morgan fingerprint density at radius 1 is 0.525 bits per heavy atom. The Labute approximate surface area is 683 Å². The van der Waals surface area contributed by atoms with Gasteiger partial charge in [0.1, 0.15) is 152 Å². The Bertz CT molecular complexity index is 3500. The Kier molecular flexibility index (Phi) is 28.6. The second-order valence-electron chi connectivity index (χ2n) is 37.3. The molecule has 0 amide bonds. The zero-order chi connectivity index (χ0) is 86.7. The van der Waals surface area contributed by atoms with Gasteiger partial charge in [0.25, 0.3) is 0 Å². The van der Waals surface area contributed by atoms with Crippen LogP contribution in [0.4, 0.5) is 0 Å². The highest BCUT2D eigenvalue weighted by atomic mass is 16.8. The normalized spacial score (nSPS) is 51.5. The molecule has 11 unspecified atom stereocenters. The van der Waals surface area contributed by atoms with Crippen molar-refractivity contribution in [3.05, 3.63) is 36.0 Å². The van der Waals surface area contributed by atoms with Crippen molar-refractivity contribution in [2.24, 2.45) is 50.2 Å². The maximum Gasteiger partial charge on any atom is 0.333 e. The van der Waals surface area contributed by atoms with E-state index in [9.17, 15) is 112 Å². The fraction of sp³-hybridized carbons (Fsp3) is 0.900. The maximum absolute atomic E-state index is 16.6. The summed E-state index contributed by atoms with van der Waals surface area (Å²) < 4.78 is 91.7. The van der Waals surface area contributed by atoms with Crippen molar-refractivity contribution < 1.29 is 188 Å². The number of aliphatic hydroxyl groups is 21. The number of carbonyl (C=O) groups excluding carboxylic acids is 2. The molecule has 7 saturated heterocycles. The standard InChI is InChI=1S/C80H128O38/c1-13-76(9,118-70-60(100)54(94)50(90)39(27-82)110-70)20-14-15-31(2)65(102)112-45-25-80(73(103)117-72-63(115-67-56(96)47(87)36(83)28-104-67)55(95)51(91)40(111-72)30-106-66-58(98)52(92)46(86)32(3)107-66)35(23-74(45,5)6)34-16-17-42-77(10)21-19-44(75(7,8)41(77)18-22-78(42,11)79(34,12)24-43(80)85)113-71-64(116-68-57(97)48(88)37(84)29-105-68)61(101)62(33(4)108-71)114-69-59(99)53(93)49(89)38(26-81)109-69/h13,15-16,32-33,35-64,66-72,81-101H,1,14,17-30H2,2-12H3/b31-15+/t32-,33+,35?,36+,37+,38+,39-,40+,41?,42?,43?,44?,45?,46-,47+,48+,49+,50+,51+,52+,53-,54+,55+,56+,57+,58+,59+,60+,61-,62+,63+,64+,66+,67+,68-,69-,70-,71-,72-,76?,77?,78?,79?,80?/m1/s1. The van der Waals surface area contributed by atoms with Gasteiger partial charge >= 0.3 is 11.9 Å². The largest absolute Gasteiger partial charge is 0.458 e. The SMILES string of the molecule is C=CC(C)(CC/C=C(\C)C(=O)OC1CC2(C(=O)O[C@H]3O[C@@H](CO[C@H]4O[C@H](C)[C@@H](O)[C@H](O)[C@@H]4O)[C@H](O)[C@H](O)[C@@H]3O[C@@H]3OC[C@H](O)[C@H](O)[C@@H]3O)C(O)CC3(C)C(=CCC4C5(C)CCC(O[C@H]6O[C@@H](C)[C@H](O[C@H]7O[C@@H](CO)[C@H](O)[C@@H](O)[C@@H]7O)[C@@H](O)[C@@H]6O[C@H]6OC[C@H](O)[C@H](O)[C@@H]6O)C(C)(C)C5CCC43C)C2CC1(C)C)O[C@H]1O[C@H](CO)[C@H](O)[C@H](O)[C@@H]1O. The van der Waals surface area contributed by atoms with Gasteiger partial charge in [0.05, 0.1) is 63.1 Å². The number of allylic oxidation sites excluding steroid dienone is 3. The van der Waals surface area contributed by atoms with Gasteiger partial charge in [0, 0.05) is 17.4 Å². The lowest BCUT2D eigenvalue weighted by molar-refractivity contribution is -0.387. The molecule has 0 aromatic carbocycles. The molecule has 7 aliphatic heterocycles. The topological polar surface area (TPSA) is 597 Å². The van der Waals surface area contributed by atoms with E-state index in [0.717, 1.165) is 5.57 Å². The summed E-state index contributed by atoms with van der Waals surface area (Å²) in [6, 6.07) is 0. The van der Waals surface area contributed by atoms with Crippen molar-refractivity contribution in [3.63, 3.8) is 0 Å². The van der Waals surface area contributed by atoms with Crippen LogP contribution in [-0.4, -0.2) is 379 Å². The number of rotatable bonds is 23. The van der Waals surface area contributed by atoms with Crippen LogP contribution in [-0.2, 0) is 80.6 Å². The first-order chi connectivity index (χ1) is 55.2. The number of esters is 2.